The maximum atomic E-state index is 13.5. The fourth-order valence-electron chi connectivity index (χ4n) is 3.45. The van der Waals surface area contributed by atoms with Crippen LogP contribution in [0.5, 0.6) is 0 Å². The Bertz CT molecular complexity index is 1400. The van der Waals surface area contributed by atoms with E-state index in [4.69, 9.17) is 23.2 Å². The average molecular weight is 500 g/mol. The Morgan fingerprint density at radius 1 is 0.875 bits per heavy atom. The molecule has 0 radical (unpaired) electrons. The van der Waals surface area contributed by atoms with Gasteiger partial charge in [-0.15, -0.1) is 0 Å². The minimum Gasteiger partial charge on any atom is -0.382 e. The molecule has 0 bridgehead atoms. The van der Waals surface area contributed by atoms with Gasteiger partial charge in [0.05, 0.1) is 21.7 Å². The molecular formula is C22H14Cl2F3NO3S. The van der Waals surface area contributed by atoms with Crippen LogP contribution in [0.1, 0.15) is 22.9 Å². The van der Waals surface area contributed by atoms with Crippen LogP contribution in [0.4, 0.5) is 13.2 Å². The first-order valence-electron chi connectivity index (χ1n) is 9.17. The van der Waals surface area contributed by atoms with E-state index >= 15 is 0 Å². The summed E-state index contributed by atoms with van der Waals surface area (Å²) < 4.78 is 67.8. The number of aliphatic hydroxyl groups is 1. The molecule has 4 aromatic rings. The molecule has 4 nitrogen and oxygen atoms in total. The molecule has 1 unspecified atom stereocenters. The van der Waals surface area contributed by atoms with Crippen molar-refractivity contribution in [2.45, 2.75) is 17.2 Å². The molecular weight excluding hydrogens is 486 g/mol. The lowest BCUT2D eigenvalue weighted by atomic mass is 10.1. The number of fused-ring (bicyclic) bond motifs is 1. The first kappa shape index (κ1) is 22.7. The zero-order valence-electron chi connectivity index (χ0n) is 16.0. The van der Waals surface area contributed by atoms with Gasteiger partial charge in [0.2, 0.25) is 0 Å². The molecule has 0 fully saturated rings. The van der Waals surface area contributed by atoms with Gasteiger partial charge in [0, 0.05) is 21.0 Å². The molecule has 1 heterocycles. The summed E-state index contributed by atoms with van der Waals surface area (Å²) >= 11 is 12.4. The molecule has 0 saturated heterocycles. The van der Waals surface area contributed by atoms with E-state index in [0.29, 0.717) is 3.97 Å². The fourth-order valence-corrected chi connectivity index (χ4v) is 5.61. The Morgan fingerprint density at radius 3 is 2.09 bits per heavy atom. The second-order valence-electron chi connectivity index (χ2n) is 6.96. The number of nitrogens with zero attached hydrogens (tertiary/aromatic N) is 1. The van der Waals surface area contributed by atoms with Gasteiger partial charge in [-0.25, -0.2) is 12.4 Å². The topological polar surface area (TPSA) is 59.3 Å². The van der Waals surface area contributed by atoms with Crippen LogP contribution in [0.15, 0.2) is 77.7 Å². The van der Waals surface area contributed by atoms with Gasteiger partial charge in [-0.1, -0.05) is 53.5 Å². The smallest absolute Gasteiger partial charge is 0.382 e. The molecule has 0 aliphatic rings. The van der Waals surface area contributed by atoms with Crippen molar-refractivity contribution in [2.24, 2.45) is 0 Å². The van der Waals surface area contributed by atoms with Crippen molar-refractivity contribution < 1.29 is 26.7 Å². The van der Waals surface area contributed by atoms with E-state index in [1.54, 1.807) is 12.1 Å². The van der Waals surface area contributed by atoms with Crippen molar-refractivity contribution in [3.8, 4) is 0 Å². The number of hydrogen-bond donors (Lipinski definition) is 1. The zero-order chi connectivity index (χ0) is 23.3. The van der Waals surface area contributed by atoms with Crippen LogP contribution >= 0.6 is 23.2 Å². The minimum atomic E-state index is -4.69. The van der Waals surface area contributed by atoms with Crippen LogP contribution in [0.25, 0.3) is 10.9 Å². The maximum absolute atomic E-state index is 13.5. The van der Waals surface area contributed by atoms with E-state index in [-0.39, 0.29) is 37.1 Å². The summed E-state index contributed by atoms with van der Waals surface area (Å²) in [5.74, 6) is 0. The summed E-state index contributed by atoms with van der Waals surface area (Å²) in [7, 11) is -4.39. The number of alkyl halides is 3. The van der Waals surface area contributed by atoms with Gasteiger partial charge in [-0.3, -0.25) is 0 Å². The molecule has 0 aliphatic heterocycles. The van der Waals surface area contributed by atoms with Crippen LogP contribution in [-0.2, 0) is 16.2 Å². The number of aliphatic hydroxyl groups excluding tert-OH is 1. The van der Waals surface area contributed by atoms with Crippen molar-refractivity contribution in [1.29, 1.82) is 0 Å². The predicted octanol–water partition coefficient (Wildman–Crippen LogP) is 6.29. The van der Waals surface area contributed by atoms with E-state index in [0.717, 1.165) is 18.2 Å². The SMILES string of the molecule is O=S(=O)(c1ccccc1)n1c(C(O)c2c(Cl)cccc2Cl)cc2ccc(C(F)(F)F)cc21. The van der Waals surface area contributed by atoms with Gasteiger partial charge in [0.15, 0.2) is 0 Å². The van der Waals surface area contributed by atoms with Crippen LogP contribution in [0, 0.1) is 0 Å². The Labute approximate surface area is 191 Å². The Kier molecular flexibility index (Phi) is 5.75. The lowest BCUT2D eigenvalue weighted by Crippen LogP contribution is -2.18. The number of hydrogen-bond acceptors (Lipinski definition) is 3. The largest absolute Gasteiger partial charge is 0.416 e. The Hall–Kier alpha value is -2.52. The molecule has 32 heavy (non-hydrogen) atoms. The van der Waals surface area contributed by atoms with Gasteiger partial charge >= 0.3 is 6.18 Å². The standard InChI is InChI=1S/C22H14Cl2F3NO3S/c23-16-7-4-8-17(24)20(16)21(29)19-11-13-9-10-14(22(25,26)27)12-18(13)28(19)32(30,31)15-5-2-1-3-6-15/h1-12,21,29H. The fraction of sp³-hybridized carbons (Fsp3) is 0.0909. The van der Waals surface area contributed by atoms with Crippen LogP contribution in [-0.4, -0.2) is 17.5 Å². The highest BCUT2D eigenvalue weighted by molar-refractivity contribution is 7.90. The van der Waals surface area contributed by atoms with E-state index in [9.17, 15) is 26.7 Å². The van der Waals surface area contributed by atoms with E-state index in [1.807, 2.05) is 0 Å². The molecule has 166 valence electrons. The van der Waals surface area contributed by atoms with Crippen molar-refractivity contribution in [3.05, 3.63) is 99.7 Å². The number of halogens is 5. The number of aromatic nitrogens is 1. The molecule has 0 amide bonds. The average Bonchev–Trinajstić information content (AvgIpc) is 3.13. The summed E-state index contributed by atoms with van der Waals surface area (Å²) in [6, 6.07) is 15.7. The molecule has 4 rings (SSSR count). The summed E-state index contributed by atoms with van der Waals surface area (Å²) in [6.45, 7) is 0. The van der Waals surface area contributed by atoms with Crippen molar-refractivity contribution in [2.75, 3.05) is 0 Å². The van der Waals surface area contributed by atoms with Gasteiger partial charge in [-0.2, -0.15) is 13.2 Å². The van der Waals surface area contributed by atoms with Gasteiger partial charge in [-0.05, 0) is 42.5 Å². The Balaban J connectivity index is 2.07. The highest BCUT2D eigenvalue weighted by atomic mass is 35.5. The van der Waals surface area contributed by atoms with Gasteiger partial charge in [0.25, 0.3) is 10.0 Å². The second kappa shape index (κ2) is 8.12. The first-order valence-corrected chi connectivity index (χ1v) is 11.4. The summed E-state index contributed by atoms with van der Waals surface area (Å²) in [6.07, 6.45) is -6.32. The first-order chi connectivity index (χ1) is 15.0. The van der Waals surface area contributed by atoms with Crippen LogP contribution < -0.4 is 0 Å². The monoisotopic (exact) mass is 499 g/mol. The van der Waals surface area contributed by atoms with Crippen molar-refractivity contribution in [3.63, 3.8) is 0 Å². The molecule has 10 heteroatoms. The van der Waals surface area contributed by atoms with Crippen LogP contribution in [0.2, 0.25) is 10.0 Å². The molecule has 1 aromatic heterocycles. The molecule has 3 aromatic carbocycles. The Morgan fingerprint density at radius 2 is 1.50 bits per heavy atom. The third-order valence-corrected chi connectivity index (χ3v) is 7.36. The number of benzene rings is 3. The zero-order valence-corrected chi connectivity index (χ0v) is 18.3. The third kappa shape index (κ3) is 3.88. The van der Waals surface area contributed by atoms with Crippen LogP contribution in [0.3, 0.4) is 0 Å². The maximum Gasteiger partial charge on any atom is 0.416 e. The minimum absolute atomic E-state index is 0.0409. The molecule has 0 saturated carbocycles. The second-order valence-corrected chi connectivity index (χ2v) is 9.56. The van der Waals surface area contributed by atoms with Gasteiger partial charge < -0.3 is 5.11 Å². The van der Waals surface area contributed by atoms with E-state index < -0.39 is 27.9 Å². The molecule has 1 N–H and O–H groups in total. The lowest BCUT2D eigenvalue weighted by molar-refractivity contribution is -0.137. The highest BCUT2D eigenvalue weighted by Gasteiger charge is 2.33. The molecule has 0 spiro atoms. The van der Waals surface area contributed by atoms with E-state index in [1.165, 1.54) is 42.5 Å². The number of rotatable bonds is 4. The predicted molar refractivity (Wildman–Crippen MR) is 116 cm³/mol. The van der Waals surface area contributed by atoms with E-state index in [2.05, 4.69) is 0 Å². The third-order valence-electron chi connectivity index (χ3n) is 4.95. The lowest BCUT2D eigenvalue weighted by Gasteiger charge is -2.18. The summed E-state index contributed by atoms with van der Waals surface area (Å²) in [5, 5.41) is 11.4. The quantitative estimate of drug-likeness (QED) is 0.359. The molecule has 1 atom stereocenters. The normalized spacial score (nSPS) is 13.4. The summed E-state index contributed by atoms with van der Waals surface area (Å²) in [4.78, 5) is -0.159. The van der Waals surface area contributed by atoms with Gasteiger partial charge in [0.1, 0.15) is 6.10 Å². The van der Waals surface area contributed by atoms with Crippen molar-refractivity contribution >= 4 is 44.1 Å². The van der Waals surface area contributed by atoms with Crippen molar-refractivity contribution in [1.82, 2.24) is 3.97 Å². The highest BCUT2D eigenvalue weighted by Crippen LogP contribution is 2.39. The summed E-state index contributed by atoms with van der Waals surface area (Å²) in [5.41, 5.74) is -1.41. The molecule has 0 aliphatic carbocycles.